The second-order valence-corrected chi connectivity index (χ2v) is 6.97. The monoisotopic (exact) mass is 359 g/mol. The van der Waals surface area contributed by atoms with Crippen molar-refractivity contribution in [3.05, 3.63) is 76.6 Å². The van der Waals surface area contributed by atoms with E-state index in [2.05, 4.69) is 9.97 Å². The molecule has 2 N–H and O–H groups in total. The van der Waals surface area contributed by atoms with Gasteiger partial charge >= 0.3 is 0 Å². The summed E-state index contributed by atoms with van der Waals surface area (Å²) in [5, 5.41) is 0. The maximum atomic E-state index is 12.8. The van der Waals surface area contributed by atoms with Gasteiger partial charge in [0, 0.05) is 12.3 Å². The third-order valence-corrected chi connectivity index (χ3v) is 4.91. The molecule has 5 heteroatoms. The molecule has 136 valence electrons. The summed E-state index contributed by atoms with van der Waals surface area (Å²) in [4.78, 5) is 21.2. The van der Waals surface area contributed by atoms with Gasteiger partial charge in [0.15, 0.2) is 5.78 Å². The van der Waals surface area contributed by atoms with Gasteiger partial charge in [-0.15, -0.1) is 0 Å². The lowest BCUT2D eigenvalue weighted by molar-refractivity contribution is 0.0961. The summed E-state index contributed by atoms with van der Waals surface area (Å²) in [7, 11) is 0. The molecule has 4 rings (SSSR count). The molecule has 1 aliphatic rings. The van der Waals surface area contributed by atoms with Gasteiger partial charge in [-0.25, -0.2) is 9.97 Å². The average Bonchev–Trinajstić information content (AvgIpc) is 2.61. The summed E-state index contributed by atoms with van der Waals surface area (Å²) in [5.41, 5.74) is 9.95. The molecule has 0 radical (unpaired) electrons. The predicted octanol–water partition coefficient (Wildman–Crippen LogP) is 4.38. The number of aromatic nitrogens is 2. The molecule has 3 aromatic rings. The lowest BCUT2D eigenvalue weighted by Crippen LogP contribution is -2.23. The van der Waals surface area contributed by atoms with Gasteiger partial charge in [-0.3, -0.25) is 4.79 Å². The van der Waals surface area contributed by atoms with Crippen LogP contribution < -0.4 is 10.5 Å². The van der Waals surface area contributed by atoms with Gasteiger partial charge in [0.1, 0.15) is 11.5 Å². The number of hydrogen-bond donors (Lipinski definition) is 1. The van der Waals surface area contributed by atoms with Crippen molar-refractivity contribution in [2.45, 2.75) is 32.6 Å². The Morgan fingerprint density at radius 2 is 1.85 bits per heavy atom. The van der Waals surface area contributed by atoms with E-state index in [1.54, 1.807) is 0 Å². The number of carbonyl (C=O) groups is 1. The van der Waals surface area contributed by atoms with Gasteiger partial charge in [-0.2, -0.15) is 0 Å². The van der Waals surface area contributed by atoms with Crippen LogP contribution in [-0.4, -0.2) is 15.8 Å². The minimum Gasteiger partial charge on any atom is -0.457 e. The number of fused-ring (bicyclic) bond motifs is 1. The van der Waals surface area contributed by atoms with Crippen LogP contribution in [0.5, 0.6) is 11.5 Å². The number of hydrogen-bond acceptors (Lipinski definition) is 5. The summed E-state index contributed by atoms with van der Waals surface area (Å²) < 4.78 is 6.15. The van der Waals surface area contributed by atoms with E-state index in [-0.39, 0.29) is 17.6 Å². The number of para-hydroxylation sites is 1. The molecule has 0 aliphatic heterocycles. The summed E-state index contributed by atoms with van der Waals surface area (Å²) in [6, 6.07) is 15.8. The van der Waals surface area contributed by atoms with Crippen molar-refractivity contribution < 1.29 is 9.53 Å². The van der Waals surface area contributed by atoms with Crippen molar-refractivity contribution in [3.63, 3.8) is 0 Å². The Labute approximate surface area is 158 Å². The van der Waals surface area contributed by atoms with E-state index in [4.69, 9.17) is 10.5 Å². The molecule has 1 aromatic heterocycles. The molecule has 1 heterocycles. The zero-order valence-corrected chi connectivity index (χ0v) is 15.4. The number of rotatable bonds is 3. The van der Waals surface area contributed by atoms with Crippen molar-refractivity contribution in [3.8, 4) is 11.5 Å². The second kappa shape index (κ2) is 6.83. The van der Waals surface area contributed by atoms with E-state index in [1.165, 1.54) is 0 Å². The van der Waals surface area contributed by atoms with Crippen molar-refractivity contribution in [2.24, 2.45) is 0 Å². The fraction of sp³-hybridized carbons (Fsp3) is 0.227. The first-order chi connectivity index (χ1) is 13.0. The van der Waals surface area contributed by atoms with E-state index in [9.17, 15) is 4.79 Å². The van der Waals surface area contributed by atoms with Crippen molar-refractivity contribution >= 4 is 11.7 Å². The van der Waals surface area contributed by atoms with E-state index in [0.717, 1.165) is 28.3 Å². The zero-order valence-electron chi connectivity index (χ0n) is 15.4. The van der Waals surface area contributed by atoms with E-state index in [1.807, 2.05) is 62.4 Å². The Hall–Kier alpha value is -3.21. The summed E-state index contributed by atoms with van der Waals surface area (Å²) in [6.07, 6.45) is 1.05. The van der Waals surface area contributed by atoms with Crippen LogP contribution in [0, 0.1) is 13.8 Å². The SMILES string of the molecule is Cc1cccc(Oc2ccccc2C2CC(=O)c3c(C)nc(N)nc3C2)c1. The lowest BCUT2D eigenvalue weighted by Gasteiger charge is -2.25. The molecular formula is C22H21N3O2. The molecule has 0 spiro atoms. The van der Waals surface area contributed by atoms with Crippen LogP contribution in [0.2, 0.25) is 0 Å². The van der Waals surface area contributed by atoms with Crippen molar-refractivity contribution in [2.75, 3.05) is 5.73 Å². The quantitative estimate of drug-likeness (QED) is 0.751. The Balaban J connectivity index is 1.69. The topological polar surface area (TPSA) is 78.1 Å². The highest BCUT2D eigenvalue weighted by atomic mass is 16.5. The summed E-state index contributed by atoms with van der Waals surface area (Å²) in [5.74, 6) is 1.82. The van der Waals surface area contributed by atoms with Crippen molar-refractivity contribution in [1.29, 1.82) is 0 Å². The highest BCUT2D eigenvalue weighted by molar-refractivity contribution is 5.99. The molecule has 0 amide bonds. The Morgan fingerprint density at radius 1 is 1.04 bits per heavy atom. The second-order valence-electron chi connectivity index (χ2n) is 6.97. The smallest absolute Gasteiger partial charge is 0.220 e. The maximum Gasteiger partial charge on any atom is 0.220 e. The molecule has 0 fully saturated rings. The molecule has 27 heavy (non-hydrogen) atoms. The lowest BCUT2D eigenvalue weighted by atomic mass is 9.81. The largest absolute Gasteiger partial charge is 0.457 e. The van der Waals surface area contributed by atoms with Crippen LogP contribution in [0.4, 0.5) is 5.95 Å². The maximum absolute atomic E-state index is 12.8. The van der Waals surface area contributed by atoms with E-state index >= 15 is 0 Å². The molecule has 1 aliphatic carbocycles. The first-order valence-corrected chi connectivity index (χ1v) is 9.01. The third kappa shape index (κ3) is 3.40. The number of Topliss-reactive ketones (excluding diaryl/α,β-unsaturated/α-hetero) is 1. The Bertz CT molecular complexity index is 1030. The molecular weight excluding hydrogens is 338 g/mol. The van der Waals surface area contributed by atoms with Crippen molar-refractivity contribution in [1.82, 2.24) is 9.97 Å². The molecule has 2 aromatic carbocycles. The molecule has 0 saturated heterocycles. The average molecular weight is 359 g/mol. The van der Waals surface area contributed by atoms with Gasteiger partial charge < -0.3 is 10.5 Å². The third-order valence-electron chi connectivity index (χ3n) is 4.91. The molecule has 0 bridgehead atoms. The number of benzene rings is 2. The summed E-state index contributed by atoms with van der Waals surface area (Å²) >= 11 is 0. The van der Waals surface area contributed by atoms with Crippen LogP contribution in [0.3, 0.4) is 0 Å². The highest BCUT2D eigenvalue weighted by Gasteiger charge is 2.31. The number of carbonyl (C=O) groups excluding carboxylic acids is 1. The van der Waals surface area contributed by atoms with Gasteiger partial charge in [0.25, 0.3) is 0 Å². The Kier molecular flexibility index (Phi) is 4.36. The predicted molar refractivity (Wildman–Crippen MR) is 104 cm³/mol. The Morgan fingerprint density at radius 3 is 2.67 bits per heavy atom. The van der Waals surface area contributed by atoms with Crippen LogP contribution in [0.1, 0.15) is 45.2 Å². The number of ether oxygens (including phenoxy) is 1. The van der Waals surface area contributed by atoms with Crippen LogP contribution in [0.25, 0.3) is 0 Å². The number of nitrogen functional groups attached to an aromatic ring is 1. The van der Waals surface area contributed by atoms with Crippen LogP contribution in [0.15, 0.2) is 48.5 Å². The number of ketones is 1. The standard InChI is InChI=1S/C22H21N3O2/c1-13-6-5-7-16(10-13)27-20-9-4-3-8-17(20)15-11-18-21(19(26)12-15)14(2)24-22(23)25-18/h3-10,15H,11-12H2,1-2H3,(H2,23,24,25). The van der Waals surface area contributed by atoms with Gasteiger partial charge in [-0.1, -0.05) is 30.3 Å². The first kappa shape index (κ1) is 17.2. The number of anilines is 1. The van der Waals surface area contributed by atoms with E-state index in [0.29, 0.717) is 24.1 Å². The minimum atomic E-state index is -0.000269. The normalized spacial score (nSPS) is 16.1. The highest BCUT2D eigenvalue weighted by Crippen LogP contribution is 2.38. The zero-order chi connectivity index (χ0) is 19.0. The van der Waals surface area contributed by atoms with Gasteiger partial charge in [0.2, 0.25) is 5.95 Å². The molecule has 5 nitrogen and oxygen atoms in total. The fourth-order valence-electron chi connectivity index (χ4n) is 3.73. The molecule has 1 atom stereocenters. The summed E-state index contributed by atoms with van der Waals surface area (Å²) in [6.45, 7) is 3.84. The minimum absolute atomic E-state index is 0.000269. The molecule has 0 saturated carbocycles. The van der Waals surface area contributed by atoms with Crippen LogP contribution in [-0.2, 0) is 6.42 Å². The number of nitrogens with zero attached hydrogens (tertiary/aromatic N) is 2. The molecule has 1 unspecified atom stereocenters. The number of aryl methyl sites for hydroxylation is 2. The first-order valence-electron chi connectivity index (χ1n) is 9.01. The van der Waals surface area contributed by atoms with Gasteiger partial charge in [-0.05, 0) is 49.6 Å². The van der Waals surface area contributed by atoms with E-state index < -0.39 is 0 Å². The van der Waals surface area contributed by atoms with Crippen LogP contribution >= 0.6 is 0 Å². The van der Waals surface area contributed by atoms with Gasteiger partial charge in [0.05, 0.1) is 17.0 Å². The number of nitrogens with two attached hydrogens (primary N) is 1. The fourth-order valence-corrected chi connectivity index (χ4v) is 3.73.